The van der Waals surface area contributed by atoms with E-state index in [1.165, 1.54) is 6.07 Å². The van der Waals surface area contributed by atoms with E-state index in [0.717, 1.165) is 23.0 Å². The summed E-state index contributed by atoms with van der Waals surface area (Å²) >= 11 is 0. The maximum atomic E-state index is 13.0. The molecule has 4 rings (SSSR count). The van der Waals surface area contributed by atoms with Gasteiger partial charge in [0.25, 0.3) is 5.91 Å². The molecule has 1 fully saturated rings. The molecule has 0 radical (unpaired) electrons. The largest absolute Gasteiger partial charge is 0.416 e. The lowest BCUT2D eigenvalue weighted by Gasteiger charge is -2.36. The molecule has 0 aliphatic carbocycles. The summed E-state index contributed by atoms with van der Waals surface area (Å²) in [7, 11) is 0. The Labute approximate surface area is 160 Å². The number of rotatable bonds is 2. The van der Waals surface area contributed by atoms with Crippen LogP contribution in [-0.4, -0.2) is 42.0 Å². The van der Waals surface area contributed by atoms with Gasteiger partial charge in [-0.15, -0.1) is 0 Å². The Morgan fingerprint density at radius 1 is 0.929 bits per heavy atom. The highest BCUT2D eigenvalue weighted by Crippen LogP contribution is 2.32. The Balaban J connectivity index is 1.49. The zero-order valence-corrected chi connectivity index (χ0v) is 15.0. The number of nitrogens with zero attached hydrogens (tertiary/aromatic N) is 3. The lowest BCUT2D eigenvalue weighted by atomic mass is 10.1. The monoisotopic (exact) mass is 385 g/mol. The minimum atomic E-state index is -4.36. The van der Waals surface area contributed by atoms with E-state index in [0.29, 0.717) is 37.4 Å². The van der Waals surface area contributed by atoms with Crippen LogP contribution in [0.25, 0.3) is 10.9 Å². The fraction of sp³-hybridized carbons (Fsp3) is 0.238. The molecule has 1 aliphatic heterocycles. The standard InChI is InChI=1S/C21H18F3N3O/c22-21(23,24)15-4-3-5-16(14-15)26-10-12-27(13-11-26)20(28)18-8-9-25-19-7-2-1-6-17(18)19/h1-9,14H,10-13H2. The second-order valence-electron chi connectivity index (χ2n) is 6.70. The number of alkyl halides is 3. The number of pyridine rings is 1. The van der Waals surface area contributed by atoms with Gasteiger partial charge < -0.3 is 9.80 Å². The second-order valence-corrected chi connectivity index (χ2v) is 6.70. The predicted molar refractivity (Wildman–Crippen MR) is 101 cm³/mol. The van der Waals surface area contributed by atoms with Crippen molar-refractivity contribution in [3.8, 4) is 0 Å². The number of halogens is 3. The maximum absolute atomic E-state index is 13.0. The van der Waals surface area contributed by atoms with Crippen LogP contribution < -0.4 is 4.90 Å². The number of carbonyl (C=O) groups excluding carboxylic acids is 1. The van der Waals surface area contributed by atoms with Gasteiger partial charge in [0.15, 0.2) is 0 Å². The molecule has 1 aliphatic rings. The van der Waals surface area contributed by atoms with Crippen LogP contribution in [0.3, 0.4) is 0 Å². The topological polar surface area (TPSA) is 36.4 Å². The molecule has 1 saturated heterocycles. The molecule has 7 heteroatoms. The first-order valence-corrected chi connectivity index (χ1v) is 8.99. The maximum Gasteiger partial charge on any atom is 0.416 e. The molecule has 0 saturated carbocycles. The summed E-state index contributed by atoms with van der Waals surface area (Å²) < 4.78 is 38.8. The van der Waals surface area contributed by atoms with Crippen LogP contribution in [0, 0.1) is 0 Å². The van der Waals surface area contributed by atoms with Crippen molar-refractivity contribution in [1.82, 2.24) is 9.88 Å². The van der Waals surface area contributed by atoms with E-state index in [-0.39, 0.29) is 5.91 Å². The molecule has 3 aromatic rings. The van der Waals surface area contributed by atoms with Gasteiger partial charge in [-0.05, 0) is 30.3 Å². The fourth-order valence-electron chi connectivity index (χ4n) is 3.50. The zero-order valence-electron chi connectivity index (χ0n) is 15.0. The molecule has 0 spiro atoms. The second kappa shape index (κ2) is 7.14. The van der Waals surface area contributed by atoms with E-state index in [1.807, 2.05) is 29.2 Å². The van der Waals surface area contributed by atoms with E-state index in [4.69, 9.17) is 0 Å². The van der Waals surface area contributed by atoms with E-state index < -0.39 is 11.7 Å². The molecule has 0 atom stereocenters. The molecule has 0 N–H and O–H groups in total. The van der Waals surface area contributed by atoms with Gasteiger partial charge in [-0.1, -0.05) is 24.3 Å². The molecule has 144 valence electrons. The molecule has 4 nitrogen and oxygen atoms in total. The summed E-state index contributed by atoms with van der Waals surface area (Å²) in [5, 5.41) is 0.801. The van der Waals surface area contributed by atoms with Crippen molar-refractivity contribution >= 4 is 22.5 Å². The molecule has 2 aromatic carbocycles. The molecule has 1 aromatic heterocycles. The molecule has 0 unspecified atom stereocenters. The van der Waals surface area contributed by atoms with Crippen LogP contribution in [0.5, 0.6) is 0 Å². The average molecular weight is 385 g/mol. The quantitative estimate of drug-likeness (QED) is 0.663. The van der Waals surface area contributed by atoms with Crippen molar-refractivity contribution in [1.29, 1.82) is 0 Å². The Hall–Kier alpha value is -3.09. The van der Waals surface area contributed by atoms with Gasteiger partial charge in [0.05, 0.1) is 16.6 Å². The van der Waals surface area contributed by atoms with Crippen molar-refractivity contribution in [2.24, 2.45) is 0 Å². The molecule has 28 heavy (non-hydrogen) atoms. The Kier molecular flexibility index (Phi) is 4.66. The zero-order chi connectivity index (χ0) is 19.7. The van der Waals surface area contributed by atoms with Crippen LogP contribution in [0.2, 0.25) is 0 Å². The van der Waals surface area contributed by atoms with Gasteiger partial charge in [-0.3, -0.25) is 9.78 Å². The van der Waals surface area contributed by atoms with Crippen molar-refractivity contribution in [2.75, 3.05) is 31.1 Å². The van der Waals surface area contributed by atoms with E-state index in [1.54, 1.807) is 23.2 Å². The third-order valence-electron chi connectivity index (χ3n) is 4.98. The highest BCUT2D eigenvalue weighted by Gasteiger charge is 2.31. The number of para-hydroxylation sites is 1. The van der Waals surface area contributed by atoms with Crippen molar-refractivity contribution < 1.29 is 18.0 Å². The summed E-state index contributed by atoms with van der Waals surface area (Å²) in [5.41, 5.74) is 1.22. The third kappa shape index (κ3) is 3.52. The Morgan fingerprint density at radius 2 is 1.68 bits per heavy atom. The highest BCUT2D eigenvalue weighted by molar-refractivity contribution is 6.06. The van der Waals surface area contributed by atoms with E-state index >= 15 is 0 Å². The molecule has 2 heterocycles. The summed E-state index contributed by atoms with van der Waals surface area (Å²) in [5.74, 6) is -0.0812. The minimum absolute atomic E-state index is 0.0812. The van der Waals surface area contributed by atoms with Gasteiger partial charge in [-0.2, -0.15) is 13.2 Å². The van der Waals surface area contributed by atoms with E-state index in [2.05, 4.69) is 4.98 Å². The van der Waals surface area contributed by atoms with Gasteiger partial charge in [0.1, 0.15) is 0 Å². The number of amides is 1. The number of aromatic nitrogens is 1. The SMILES string of the molecule is O=C(c1ccnc2ccccc12)N1CCN(c2cccc(C(F)(F)F)c2)CC1. The van der Waals surface area contributed by atoms with Crippen LogP contribution >= 0.6 is 0 Å². The minimum Gasteiger partial charge on any atom is -0.368 e. The lowest BCUT2D eigenvalue weighted by Crippen LogP contribution is -2.48. The Morgan fingerprint density at radius 3 is 2.43 bits per heavy atom. The average Bonchev–Trinajstić information content (AvgIpc) is 2.72. The first-order chi connectivity index (χ1) is 13.4. The van der Waals surface area contributed by atoms with Gasteiger partial charge in [0.2, 0.25) is 0 Å². The number of benzene rings is 2. The van der Waals surface area contributed by atoms with Crippen LogP contribution in [0.15, 0.2) is 60.8 Å². The van der Waals surface area contributed by atoms with Gasteiger partial charge >= 0.3 is 6.18 Å². The lowest BCUT2D eigenvalue weighted by molar-refractivity contribution is -0.137. The van der Waals surface area contributed by atoms with Crippen molar-refractivity contribution in [3.05, 3.63) is 71.9 Å². The summed E-state index contributed by atoms with van der Waals surface area (Å²) in [4.78, 5) is 20.9. The van der Waals surface area contributed by atoms with Crippen LogP contribution in [0.1, 0.15) is 15.9 Å². The number of carbonyl (C=O) groups is 1. The van der Waals surface area contributed by atoms with E-state index in [9.17, 15) is 18.0 Å². The van der Waals surface area contributed by atoms with Crippen molar-refractivity contribution in [3.63, 3.8) is 0 Å². The number of piperazine rings is 1. The van der Waals surface area contributed by atoms with Crippen LogP contribution in [-0.2, 0) is 6.18 Å². The first-order valence-electron chi connectivity index (χ1n) is 8.99. The van der Waals surface area contributed by atoms with Gasteiger partial charge in [-0.25, -0.2) is 0 Å². The number of anilines is 1. The highest BCUT2D eigenvalue weighted by atomic mass is 19.4. The molecular weight excluding hydrogens is 367 g/mol. The third-order valence-corrected chi connectivity index (χ3v) is 4.98. The summed E-state index contributed by atoms with van der Waals surface area (Å²) in [6.07, 6.45) is -2.75. The van der Waals surface area contributed by atoms with Gasteiger partial charge in [0, 0.05) is 43.4 Å². The number of hydrogen-bond donors (Lipinski definition) is 0. The first kappa shape index (κ1) is 18.3. The normalized spacial score (nSPS) is 15.1. The molecule has 0 bridgehead atoms. The summed E-state index contributed by atoms with van der Waals surface area (Å²) in [6.45, 7) is 1.86. The smallest absolute Gasteiger partial charge is 0.368 e. The molecular formula is C21H18F3N3O. The summed E-state index contributed by atoms with van der Waals surface area (Å²) in [6, 6.07) is 14.5. The predicted octanol–water partition coefficient (Wildman–Crippen LogP) is 4.22. The number of hydrogen-bond acceptors (Lipinski definition) is 3. The Bertz CT molecular complexity index is 1010. The van der Waals surface area contributed by atoms with Crippen LogP contribution in [0.4, 0.5) is 18.9 Å². The number of fused-ring (bicyclic) bond motifs is 1. The molecule has 1 amide bonds. The van der Waals surface area contributed by atoms with Crippen molar-refractivity contribution in [2.45, 2.75) is 6.18 Å². The fourth-order valence-corrected chi connectivity index (χ4v) is 3.50.